The normalized spacial score (nSPS) is 11.6. The van der Waals surface area contributed by atoms with E-state index in [1.807, 2.05) is 0 Å². The molecule has 55 heavy (non-hydrogen) atoms. The van der Waals surface area contributed by atoms with E-state index in [0.29, 0.717) is 0 Å². The van der Waals surface area contributed by atoms with Crippen molar-refractivity contribution < 1.29 is 4.42 Å². The lowest BCUT2D eigenvalue weighted by Crippen LogP contribution is -2.12. The van der Waals surface area contributed by atoms with Gasteiger partial charge in [0.25, 0.3) is 0 Å². The molecule has 2 aromatic heterocycles. The van der Waals surface area contributed by atoms with E-state index in [2.05, 4.69) is 216 Å². The molecule has 0 amide bonds. The van der Waals surface area contributed by atoms with Gasteiger partial charge in [-0.25, -0.2) is 0 Å². The number of nitrogens with zero attached hydrogens (tertiary/aromatic N) is 2. The molecule has 0 aliphatic rings. The van der Waals surface area contributed by atoms with Crippen LogP contribution >= 0.6 is 0 Å². The summed E-state index contributed by atoms with van der Waals surface area (Å²) in [6.45, 7) is 0. The average molecular weight is 703 g/mol. The van der Waals surface area contributed by atoms with Crippen molar-refractivity contribution in [1.29, 1.82) is 0 Å². The van der Waals surface area contributed by atoms with Gasteiger partial charge in [-0.1, -0.05) is 158 Å². The van der Waals surface area contributed by atoms with Crippen LogP contribution in [0.1, 0.15) is 0 Å². The minimum absolute atomic E-state index is 0.870. The van der Waals surface area contributed by atoms with Crippen LogP contribution in [-0.2, 0) is 0 Å². The van der Waals surface area contributed by atoms with E-state index < -0.39 is 0 Å². The first kappa shape index (κ1) is 31.2. The van der Waals surface area contributed by atoms with Crippen LogP contribution in [0.5, 0.6) is 0 Å². The Balaban J connectivity index is 1.29. The molecule has 9 aromatic carbocycles. The molecule has 0 radical (unpaired) electrons. The van der Waals surface area contributed by atoms with Crippen LogP contribution in [0.2, 0.25) is 0 Å². The van der Waals surface area contributed by atoms with E-state index in [9.17, 15) is 0 Å². The Hall–Kier alpha value is -7.36. The third kappa shape index (κ3) is 5.05. The molecule has 258 valence electrons. The van der Waals surface area contributed by atoms with E-state index in [-0.39, 0.29) is 0 Å². The van der Waals surface area contributed by atoms with Gasteiger partial charge in [0.15, 0.2) is 5.58 Å². The summed E-state index contributed by atoms with van der Waals surface area (Å²) in [5, 5.41) is 6.86. The lowest BCUT2D eigenvalue weighted by molar-refractivity contribution is 0.671. The fourth-order valence-corrected chi connectivity index (χ4v) is 8.44. The Kier molecular flexibility index (Phi) is 7.17. The zero-order valence-electron chi connectivity index (χ0n) is 29.9. The van der Waals surface area contributed by atoms with Crippen molar-refractivity contribution in [2.45, 2.75) is 0 Å². The molecule has 0 unspecified atom stereocenters. The van der Waals surface area contributed by atoms with Crippen LogP contribution in [-0.4, -0.2) is 4.57 Å². The van der Waals surface area contributed by atoms with Gasteiger partial charge in [-0.3, -0.25) is 0 Å². The highest BCUT2D eigenvalue weighted by atomic mass is 16.3. The Morgan fingerprint density at radius 2 is 1.05 bits per heavy atom. The van der Waals surface area contributed by atoms with Gasteiger partial charge in [0, 0.05) is 38.5 Å². The van der Waals surface area contributed by atoms with E-state index in [4.69, 9.17) is 4.42 Å². The van der Waals surface area contributed by atoms with Gasteiger partial charge < -0.3 is 13.9 Å². The van der Waals surface area contributed by atoms with Gasteiger partial charge in [-0.05, 0) is 76.0 Å². The topological polar surface area (TPSA) is 21.3 Å². The highest BCUT2D eigenvalue weighted by Crippen LogP contribution is 2.50. The largest absolute Gasteiger partial charge is 0.454 e. The summed E-state index contributed by atoms with van der Waals surface area (Å²) < 4.78 is 9.32. The summed E-state index contributed by atoms with van der Waals surface area (Å²) >= 11 is 0. The summed E-state index contributed by atoms with van der Waals surface area (Å²) in [4.78, 5) is 2.46. The number of anilines is 3. The van der Waals surface area contributed by atoms with Gasteiger partial charge in [-0.15, -0.1) is 0 Å². The Bertz CT molecular complexity index is 3190. The number of benzene rings is 9. The van der Waals surface area contributed by atoms with Crippen molar-refractivity contribution in [3.63, 3.8) is 0 Å². The fourth-order valence-electron chi connectivity index (χ4n) is 8.44. The van der Waals surface area contributed by atoms with Crippen molar-refractivity contribution in [2.75, 3.05) is 4.90 Å². The molecule has 3 heteroatoms. The minimum Gasteiger partial charge on any atom is -0.454 e. The van der Waals surface area contributed by atoms with Gasteiger partial charge in [0.05, 0.1) is 22.4 Å². The first-order chi connectivity index (χ1) is 27.3. The smallest absolute Gasteiger partial charge is 0.160 e. The second-order valence-electron chi connectivity index (χ2n) is 14.1. The van der Waals surface area contributed by atoms with Gasteiger partial charge in [-0.2, -0.15) is 0 Å². The van der Waals surface area contributed by atoms with Gasteiger partial charge in [0.1, 0.15) is 5.58 Å². The predicted molar refractivity (Wildman–Crippen MR) is 231 cm³/mol. The number of rotatable bonds is 6. The molecule has 0 aliphatic heterocycles. The number of aromatic nitrogens is 1. The Morgan fingerprint density at radius 3 is 1.87 bits per heavy atom. The van der Waals surface area contributed by atoms with Crippen LogP contribution in [0, 0.1) is 0 Å². The van der Waals surface area contributed by atoms with E-state index in [1.54, 1.807) is 0 Å². The van der Waals surface area contributed by atoms with E-state index >= 15 is 0 Å². The quantitative estimate of drug-likeness (QED) is 0.172. The third-order valence-electron chi connectivity index (χ3n) is 11.0. The van der Waals surface area contributed by atoms with Crippen molar-refractivity contribution in [2.24, 2.45) is 0 Å². The van der Waals surface area contributed by atoms with Crippen LogP contribution in [0.15, 0.2) is 211 Å². The molecule has 0 saturated carbocycles. The van der Waals surface area contributed by atoms with Crippen LogP contribution in [0.3, 0.4) is 0 Å². The second-order valence-corrected chi connectivity index (χ2v) is 14.1. The molecule has 0 bridgehead atoms. The highest BCUT2D eigenvalue weighted by Gasteiger charge is 2.27. The standard InChI is InChI=1S/C52H34N2O/c1-3-15-35(16-4-1)37-27-30-40(31-28-37)53(46-24-12-9-21-42(46)38-18-5-2-6-19-38)48-34-45-43-22-11-14-26-49(43)55-52(45)51-50(48)44-23-10-13-25-47(44)54(51)41-32-29-36-17-7-8-20-39(36)33-41/h1-34H. The molecule has 2 heterocycles. The monoisotopic (exact) mass is 702 g/mol. The number of furan rings is 1. The zero-order chi connectivity index (χ0) is 36.3. The summed E-state index contributed by atoms with van der Waals surface area (Å²) in [6, 6.07) is 73.9. The third-order valence-corrected chi connectivity index (χ3v) is 11.0. The molecule has 3 nitrogen and oxygen atoms in total. The van der Waals surface area contributed by atoms with Gasteiger partial charge in [0.2, 0.25) is 0 Å². The first-order valence-electron chi connectivity index (χ1n) is 18.8. The SMILES string of the molecule is c1ccc(-c2ccc(N(c3ccccc3-c3ccccc3)c3cc4c5ccccc5oc4c4c3c3ccccc3n4-c3ccc4ccccc4c3)cc2)cc1. The Labute approximate surface area is 318 Å². The van der Waals surface area contributed by atoms with Gasteiger partial charge >= 0.3 is 0 Å². The maximum absolute atomic E-state index is 6.91. The summed E-state index contributed by atoms with van der Waals surface area (Å²) in [7, 11) is 0. The summed E-state index contributed by atoms with van der Waals surface area (Å²) in [5.74, 6) is 0. The fraction of sp³-hybridized carbons (Fsp3) is 0. The molecule has 0 N–H and O–H groups in total. The van der Waals surface area contributed by atoms with Crippen LogP contribution in [0.4, 0.5) is 17.1 Å². The molecule has 0 saturated heterocycles. The lowest BCUT2D eigenvalue weighted by atomic mass is 9.99. The molecule has 0 fully saturated rings. The minimum atomic E-state index is 0.870. The molecule has 0 spiro atoms. The van der Waals surface area contributed by atoms with Crippen molar-refractivity contribution in [3.8, 4) is 27.9 Å². The van der Waals surface area contributed by atoms with Crippen molar-refractivity contribution in [3.05, 3.63) is 206 Å². The molecule has 11 aromatic rings. The second kappa shape index (κ2) is 12.6. The molecule has 0 aliphatic carbocycles. The molecular formula is C52H34N2O. The maximum Gasteiger partial charge on any atom is 0.160 e. The molecule has 11 rings (SSSR count). The predicted octanol–water partition coefficient (Wildman–Crippen LogP) is 14.6. The summed E-state index contributed by atoms with van der Waals surface area (Å²) in [5.41, 5.74) is 12.9. The Morgan fingerprint density at radius 1 is 0.418 bits per heavy atom. The lowest BCUT2D eigenvalue weighted by Gasteiger charge is -2.29. The summed E-state index contributed by atoms with van der Waals surface area (Å²) in [6.07, 6.45) is 0. The maximum atomic E-state index is 6.91. The zero-order valence-corrected chi connectivity index (χ0v) is 29.9. The number of para-hydroxylation sites is 3. The average Bonchev–Trinajstić information content (AvgIpc) is 3.81. The highest BCUT2D eigenvalue weighted by molar-refractivity contribution is 6.27. The number of fused-ring (bicyclic) bond motifs is 8. The van der Waals surface area contributed by atoms with E-state index in [1.165, 1.54) is 21.9 Å². The van der Waals surface area contributed by atoms with Crippen LogP contribution in [0.25, 0.3) is 82.5 Å². The molecular weight excluding hydrogens is 669 g/mol. The number of hydrogen-bond acceptors (Lipinski definition) is 2. The molecule has 0 atom stereocenters. The van der Waals surface area contributed by atoms with E-state index in [0.717, 1.165) is 77.6 Å². The van der Waals surface area contributed by atoms with Crippen molar-refractivity contribution in [1.82, 2.24) is 4.57 Å². The van der Waals surface area contributed by atoms with Crippen LogP contribution < -0.4 is 4.90 Å². The first-order valence-corrected chi connectivity index (χ1v) is 18.8. The van der Waals surface area contributed by atoms with Crippen molar-refractivity contribution >= 4 is 71.6 Å². The number of hydrogen-bond donors (Lipinski definition) is 0.